The number of hydrogen-bond acceptors (Lipinski definition) is 6. The van der Waals surface area contributed by atoms with E-state index in [1.165, 1.54) is 18.2 Å². The molecule has 212 valence electrons. The van der Waals surface area contributed by atoms with Crippen LogP contribution < -0.4 is 14.8 Å². The van der Waals surface area contributed by atoms with Gasteiger partial charge in [-0.2, -0.15) is 18.4 Å². The monoisotopic (exact) mass is 565 g/mol. The van der Waals surface area contributed by atoms with E-state index in [0.717, 1.165) is 17.2 Å². The molecule has 0 unspecified atom stereocenters. The molecule has 0 fully saturated rings. The highest BCUT2D eigenvalue weighted by molar-refractivity contribution is 6.10. The molecule has 0 spiro atoms. The van der Waals surface area contributed by atoms with E-state index in [0.29, 0.717) is 28.9 Å². The number of amides is 1. The molecule has 0 heterocycles. The highest BCUT2D eigenvalue weighted by atomic mass is 19.4. The van der Waals surface area contributed by atoms with E-state index in [2.05, 4.69) is 11.9 Å². The number of aryl methyl sites for hydroxylation is 1. The van der Waals surface area contributed by atoms with Crippen molar-refractivity contribution >= 4 is 23.4 Å². The van der Waals surface area contributed by atoms with Crippen molar-refractivity contribution in [2.45, 2.75) is 33.4 Å². The van der Waals surface area contributed by atoms with Gasteiger partial charge in [-0.15, -0.1) is 6.58 Å². The van der Waals surface area contributed by atoms with Crippen molar-refractivity contribution in [1.82, 2.24) is 0 Å². The summed E-state index contributed by atoms with van der Waals surface area (Å²) in [6.45, 7) is 9.26. The summed E-state index contributed by atoms with van der Waals surface area (Å²) in [4.78, 5) is 23.5. The van der Waals surface area contributed by atoms with Crippen molar-refractivity contribution in [3.63, 3.8) is 0 Å². The number of nitro benzene ring substituents is 1. The van der Waals surface area contributed by atoms with Gasteiger partial charge in [0.25, 0.3) is 5.91 Å². The predicted octanol–water partition coefficient (Wildman–Crippen LogP) is 7.70. The summed E-state index contributed by atoms with van der Waals surface area (Å²) in [7, 11) is 0. The van der Waals surface area contributed by atoms with Gasteiger partial charge in [0.2, 0.25) is 5.75 Å². The number of hydrogen-bond donors (Lipinski definition) is 1. The number of nitrogens with zero attached hydrogens (tertiary/aromatic N) is 2. The smallest absolute Gasteiger partial charge is 0.416 e. The lowest BCUT2D eigenvalue weighted by molar-refractivity contribution is -0.385. The molecule has 1 N–H and O–H groups in total. The Hall–Kier alpha value is -5.11. The largest absolute Gasteiger partial charge is 0.490 e. The zero-order valence-electron chi connectivity index (χ0n) is 22.5. The fraction of sp³-hybridized carbons (Fsp3) is 0.200. The summed E-state index contributed by atoms with van der Waals surface area (Å²) in [6.07, 6.45) is -1.75. The number of nitrogens with one attached hydrogen (secondary N) is 1. The minimum Gasteiger partial charge on any atom is -0.490 e. The summed E-state index contributed by atoms with van der Waals surface area (Å²) >= 11 is 0. The summed E-state index contributed by atoms with van der Waals surface area (Å²) in [5.41, 5.74) is 0.868. The van der Waals surface area contributed by atoms with Crippen LogP contribution in [0.2, 0.25) is 0 Å². The van der Waals surface area contributed by atoms with E-state index in [9.17, 15) is 33.3 Å². The normalized spacial score (nSPS) is 11.4. The molecule has 3 aromatic carbocycles. The highest BCUT2D eigenvalue weighted by Crippen LogP contribution is 2.42. The Balaban J connectivity index is 2.08. The lowest BCUT2D eigenvalue weighted by atomic mass is 10.0. The second-order valence-electron chi connectivity index (χ2n) is 8.84. The maximum Gasteiger partial charge on any atom is 0.416 e. The van der Waals surface area contributed by atoms with Crippen molar-refractivity contribution in [1.29, 1.82) is 5.26 Å². The predicted molar refractivity (Wildman–Crippen MR) is 148 cm³/mol. The van der Waals surface area contributed by atoms with Crippen LogP contribution in [-0.2, 0) is 17.4 Å². The third kappa shape index (κ3) is 7.30. The van der Waals surface area contributed by atoms with Gasteiger partial charge in [-0.05, 0) is 80.3 Å². The first-order valence-corrected chi connectivity index (χ1v) is 12.3. The Morgan fingerprint density at radius 1 is 1.17 bits per heavy atom. The van der Waals surface area contributed by atoms with Crippen molar-refractivity contribution < 1.29 is 32.4 Å². The molecular weight excluding hydrogens is 539 g/mol. The van der Waals surface area contributed by atoms with Crippen molar-refractivity contribution in [3.05, 3.63) is 105 Å². The molecule has 1 amide bonds. The van der Waals surface area contributed by atoms with Crippen LogP contribution in [-0.4, -0.2) is 17.4 Å². The standard InChI is InChI=1S/C30H26F3N3O5/c1-5-8-21-13-20(14-22(17-34)29(37)35-24-10-7-9-18(3)19(24)4)15-27(40-6-2)28(21)41-26-12-11-23(30(31,32)33)16-25(26)36(38)39/h5,7,9-16H,1,6,8H2,2-4H3,(H,35,37)/b22-14+. The molecule has 3 aromatic rings. The number of nitriles is 1. The number of rotatable bonds is 10. The first-order chi connectivity index (χ1) is 19.4. The first kappa shape index (κ1) is 30.4. The number of ether oxygens (including phenoxy) is 2. The van der Waals surface area contributed by atoms with E-state index in [1.54, 1.807) is 25.1 Å². The van der Waals surface area contributed by atoms with Crippen LogP contribution in [0.4, 0.5) is 24.5 Å². The summed E-state index contributed by atoms with van der Waals surface area (Å²) < 4.78 is 51.0. The highest BCUT2D eigenvalue weighted by Gasteiger charge is 2.34. The van der Waals surface area contributed by atoms with Crippen LogP contribution in [0, 0.1) is 35.3 Å². The second kappa shape index (κ2) is 12.8. The van der Waals surface area contributed by atoms with Crippen molar-refractivity contribution in [3.8, 4) is 23.3 Å². The second-order valence-corrected chi connectivity index (χ2v) is 8.84. The first-order valence-electron chi connectivity index (χ1n) is 12.3. The molecule has 0 atom stereocenters. The lowest BCUT2D eigenvalue weighted by Crippen LogP contribution is -2.14. The van der Waals surface area contributed by atoms with Gasteiger partial charge in [-0.1, -0.05) is 18.2 Å². The number of anilines is 1. The summed E-state index contributed by atoms with van der Waals surface area (Å²) in [5, 5.41) is 24.0. The van der Waals surface area contributed by atoms with E-state index >= 15 is 0 Å². The molecule has 41 heavy (non-hydrogen) atoms. The molecule has 0 aromatic heterocycles. The molecule has 8 nitrogen and oxygen atoms in total. The van der Waals surface area contributed by atoms with Crippen LogP contribution in [0.1, 0.15) is 34.7 Å². The van der Waals surface area contributed by atoms with E-state index < -0.39 is 34.0 Å². The van der Waals surface area contributed by atoms with Crippen molar-refractivity contribution in [2.24, 2.45) is 0 Å². The molecule has 0 saturated carbocycles. The number of alkyl halides is 3. The number of carbonyl (C=O) groups is 1. The average Bonchev–Trinajstić information content (AvgIpc) is 2.91. The number of allylic oxidation sites excluding steroid dienone is 1. The fourth-order valence-electron chi connectivity index (χ4n) is 3.88. The average molecular weight is 566 g/mol. The molecule has 0 aliphatic rings. The molecule has 3 rings (SSSR count). The third-order valence-electron chi connectivity index (χ3n) is 6.04. The zero-order chi connectivity index (χ0) is 30.3. The molecule has 0 bridgehead atoms. The lowest BCUT2D eigenvalue weighted by Gasteiger charge is -2.17. The summed E-state index contributed by atoms with van der Waals surface area (Å²) in [6, 6.07) is 12.3. The van der Waals surface area contributed by atoms with Gasteiger partial charge in [0, 0.05) is 17.3 Å². The third-order valence-corrected chi connectivity index (χ3v) is 6.04. The van der Waals surface area contributed by atoms with Crippen molar-refractivity contribution in [2.75, 3.05) is 11.9 Å². The Morgan fingerprint density at radius 3 is 2.51 bits per heavy atom. The molecule has 0 aliphatic heterocycles. The topological polar surface area (TPSA) is 114 Å². The minimum atomic E-state index is -4.79. The SMILES string of the molecule is C=CCc1cc(/C=C(\C#N)C(=O)Nc2cccc(C)c2C)cc(OCC)c1Oc1ccc(C(F)(F)F)cc1[N+](=O)[O-]. The van der Waals surface area contributed by atoms with Gasteiger partial charge in [0.05, 0.1) is 17.1 Å². The molecule has 11 heteroatoms. The van der Waals surface area contributed by atoms with Gasteiger partial charge >= 0.3 is 11.9 Å². The van der Waals surface area contributed by atoms with E-state index in [-0.39, 0.29) is 30.1 Å². The van der Waals surface area contributed by atoms with Gasteiger partial charge in [0.15, 0.2) is 11.5 Å². The Kier molecular flexibility index (Phi) is 9.52. The van der Waals surface area contributed by atoms with Gasteiger partial charge < -0.3 is 14.8 Å². The minimum absolute atomic E-state index is 0.0186. The number of benzene rings is 3. The fourth-order valence-corrected chi connectivity index (χ4v) is 3.88. The molecule has 0 aliphatic carbocycles. The van der Waals surface area contributed by atoms with Gasteiger partial charge in [-0.25, -0.2) is 0 Å². The van der Waals surface area contributed by atoms with Gasteiger partial charge in [-0.3, -0.25) is 14.9 Å². The number of halogens is 3. The maximum absolute atomic E-state index is 13.2. The molecular formula is C30H26F3N3O5. The number of carbonyl (C=O) groups excluding carboxylic acids is 1. The van der Waals surface area contributed by atoms with Gasteiger partial charge in [0.1, 0.15) is 11.6 Å². The summed E-state index contributed by atoms with van der Waals surface area (Å²) in [5.74, 6) is -0.946. The van der Waals surface area contributed by atoms with Crippen LogP contribution in [0.5, 0.6) is 17.2 Å². The molecule has 0 radical (unpaired) electrons. The maximum atomic E-state index is 13.2. The quantitative estimate of drug-likeness (QED) is 0.0886. The molecule has 0 saturated heterocycles. The Bertz CT molecular complexity index is 1570. The van der Waals surface area contributed by atoms with Crippen LogP contribution in [0.25, 0.3) is 6.08 Å². The Morgan fingerprint density at radius 2 is 1.90 bits per heavy atom. The van der Waals surface area contributed by atoms with Crippen LogP contribution in [0.15, 0.2) is 66.8 Å². The van der Waals surface area contributed by atoms with Crippen LogP contribution >= 0.6 is 0 Å². The Labute approximate surface area is 234 Å². The van der Waals surface area contributed by atoms with E-state index in [1.807, 2.05) is 26.0 Å². The number of nitro groups is 1. The van der Waals surface area contributed by atoms with Crippen LogP contribution in [0.3, 0.4) is 0 Å². The van der Waals surface area contributed by atoms with E-state index in [4.69, 9.17) is 9.47 Å². The zero-order valence-corrected chi connectivity index (χ0v) is 22.5.